The molecule has 0 amide bonds. The van der Waals surface area contributed by atoms with Crippen molar-refractivity contribution in [3.05, 3.63) is 0 Å². The van der Waals surface area contributed by atoms with Crippen molar-refractivity contribution in [2.24, 2.45) is 5.92 Å². The number of hydrogen-bond acceptors (Lipinski definition) is 2. The Morgan fingerprint density at radius 3 is 2.21 bits per heavy atom. The van der Waals surface area contributed by atoms with Gasteiger partial charge < -0.3 is 0 Å². The Hall–Kier alpha value is -0.0800. The molecule has 1 saturated heterocycles. The van der Waals surface area contributed by atoms with Crippen molar-refractivity contribution in [1.82, 2.24) is 9.80 Å². The average molecular weight is 198 g/mol. The van der Waals surface area contributed by atoms with Crippen LogP contribution in [0.25, 0.3) is 0 Å². The third-order valence-corrected chi connectivity index (χ3v) is 3.13. The van der Waals surface area contributed by atoms with Gasteiger partial charge in [0.25, 0.3) is 0 Å². The van der Waals surface area contributed by atoms with E-state index in [1.807, 2.05) is 0 Å². The van der Waals surface area contributed by atoms with E-state index in [0.717, 1.165) is 12.0 Å². The molecule has 1 atom stereocenters. The van der Waals surface area contributed by atoms with Crippen LogP contribution in [-0.4, -0.2) is 48.1 Å². The van der Waals surface area contributed by atoms with Crippen LogP contribution in [0, 0.1) is 5.92 Å². The van der Waals surface area contributed by atoms with Gasteiger partial charge in [0.15, 0.2) is 0 Å². The first kappa shape index (κ1) is 12.0. The molecule has 1 heterocycles. The monoisotopic (exact) mass is 198 g/mol. The Morgan fingerprint density at radius 2 is 1.79 bits per heavy atom. The first-order chi connectivity index (χ1) is 6.50. The lowest BCUT2D eigenvalue weighted by Gasteiger charge is -2.42. The first-order valence-electron chi connectivity index (χ1n) is 5.98. The number of piperazine rings is 1. The third-order valence-electron chi connectivity index (χ3n) is 3.13. The van der Waals surface area contributed by atoms with E-state index in [0.29, 0.717) is 6.04 Å². The lowest BCUT2D eigenvalue weighted by Crippen LogP contribution is -2.54. The zero-order valence-electron chi connectivity index (χ0n) is 10.5. The van der Waals surface area contributed by atoms with Crippen LogP contribution in [0.3, 0.4) is 0 Å². The third kappa shape index (κ3) is 3.25. The number of rotatable bonds is 3. The van der Waals surface area contributed by atoms with Crippen molar-refractivity contribution in [3.8, 4) is 0 Å². The van der Waals surface area contributed by atoms with Gasteiger partial charge in [0.1, 0.15) is 0 Å². The van der Waals surface area contributed by atoms with E-state index in [9.17, 15) is 0 Å². The van der Waals surface area contributed by atoms with Gasteiger partial charge in [-0.25, -0.2) is 0 Å². The molecule has 84 valence electrons. The summed E-state index contributed by atoms with van der Waals surface area (Å²) in [5.41, 5.74) is 0. The maximum atomic E-state index is 2.63. The Kier molecular flexibility index (Phi) is 4.39. The predicted molar refractivity (Wildman–Crippen MR) is 62.6 cm³/mol. The summed E-state index contributed by atoms with van der Waals surface area (Å²) in [5.74, 6) is 0.794. The van der Waals surface area contributed by atoms with Gasteiger partial charge in [0.05, 0.1) is 0 Å². The molecule has 1 unspecified atom stereocenters. The highest BCUT2D eigenvalue weighted by atomic mass is 15.3. The SMILES string of the molecule is CC(C)CN1CCN(C(C)C)CC1C. The molecule has 2 nitrogen and oxygen atoms in total. The lowest BCUT2D eigenvalue weighted by atomic mass is 10.1. The van der Waals surface area contributed by atoms with E-state index in [4.69, 9.17) is 0 Å². The second kappa shape index (κ2) is 5.13. The van der Waals surface area contributed by atoms with Crippen molar-refractivity contribution in [2.45, 2.75) is 46.7 Å². The van der Waals surface area contributed by atoms with Crippen molar-refractivity contribution in [3.63, 3.8) is 0 Å². The van der Waals surface area contributed by atoms with Gasteiger partial charge in [0.2, 0.25) is 0 Å². The van der Waals surface area contributed by atoms with Gasteiger partial charge in [-0.3, -0.25) is 9.80 Å². The summed E-state index contributed by atoms with van der Waals surface area (Å²) >= 11 is 0. The molecule has 0 bridgehead atoms. The van der Waals surface area contributed by atoms with Crippen LogP contribution in [0.4, 0.5) is 0 Å². The number of hydrogen-bond donors (Lipinski definition) is 0. The number of nitrogens with zero attached hydrogens (tertiary/aromatic N) is 2. The fraction of sp³-hybridized carbons (Fsp3) is 1.00. The first-order valence-corrected chi connectivity index (χ1v) is 5.98. The topological polar surface area (TPSA) is 6.48 Å². The fourth-order valence-electron chi connectivity index (χ4n) is 2.23. The molecule has 0 aromatic heterocycles. The van der Waals surface area contributed by atoms with Gasteiger partial charge in [-0.05, 0) is 26.7 Å². The van der Waals surface area contributed by atoms with Crippen molar-refractivity contribution in [1.29, 1.82) is 0 Å². The predicted octanol–water partition coefficient (Wildman–Crippen LogP) is 2.06. The molecular weight excluding hydrogens is 172 g/mol. The van der Waals surface area contributed by atoms with Crippen LogP contribution < -0.4 is 0 Å². The van der Waals surface area contributed by atoms with Gasteiger partial charge in [0, 0.05) is 38.3 Å². The molecule has 0 aliphatic carbocycles. The quantitative estimate of drug-likeness (QED) is 0.685. The second-order valence-electron chi connectivity index (χ2n) is 5.33. The van der Waals surface area contributed by atoms with Crippen LogP contribution in [-0.2, 0) is 0 Å². The molecule has 0 spiro atoms. The Balaban J connectivity index is 2.39. The van der Waals surface area contributed by atoms with E-state index in [-0.39, 0.29) is 0 Å². The standard InChI is InChI=1S/C12H26N2/c1-10(2)8-14-7-6-13(11(3)4)9-12(14)5/h10-12H,6-9H2,1-5H3. The minimum Gasteiger partial charge on any atom is -0.298 e. The lowest BCUT2D eigenvalue weighted by molar-refractivity contribution is 0.0572. The minimum atomic E-state index is 0.707. The Bertz CT molecular complexity index is 166. The van der Waals surface area contributed by atoms with Gasteiger partial charge in [-0.15, -0.1) is 0 Å². The molecular formula is C12H26N2. The molecule has 14 heavy (non-hydrogen) atoms. The summed E-state index contributed by atoms with van der Waals surface area (Å²) in [7, 11) is 0. The fourth-order valence-corrected chi connectivity index (χ4v) is 2.23. The zero-order valence-corrected chi connectivity index (χ0v) is 10.5. The summed E-state index contributed by atoms with van der Waals surface area (Å²) in [6.07, 6.45) is 0. The normalized spacial score (nSPS) is 26.4. The molecule has 1 aliphatic heterocycles. The van der Waals surface area contributed by atoms with Crippen LogP contribution in [0.1, 0.15) is 34.6 Å². The van der Waals surface area contributed by atoms with Crippen LogP contribution >= 0.6 is 0 Å². The summed E-state index contributed by atoms with van der Waals surface area (Å²) in [5, 5.41) is 0. The van der Waals surface area contributed by atoms with Crippen LogP contribution in [0.5, 0.6) is 0 Å². The molecule has 0 N–H and O–H groups in total. The van der Waals surface area contributed by atoms with Gasteiger partial charge in [-0.1, -0.05) is 13.8 Å². The highest BCUT2D eigenvalue weighted by molar-refractivity contribution is 4.81. The largest absolute Gasteiger partial charge is 0.298 e. The molecule has 0 saturated carbocycles. The molecule has 1 aliphatic rings. The van der Waals surface area contributed by atoms with E-state index in [2.05, 4.69) is 44.4 Å². The van der Waals surface area contributed by atoms with Crippen molar-refractivity contribution in [2.75, 3.05) is 26.2 Å². The van der Waals surface area contributed by atoms with Crippen molar-refractivity contribution >= 4 is 0 Å². The Morgan fingerprint density at radius 1 is 1.14 bits per heavy atom. The van der Waals surface area contributed by atoms with E-state index in [1.165, 1.54) is 26.2 Å². The minimum absolute atomic E-state index is 0.707. The highest BCUT2D eigenvalue weighted by Crippen LogP contribution is 2.13. The van der Waals surface area contributed by atoms with Crippen LogP contribution in [0.2, 0.25) is 0 Å². The van der Waals surface area contributed by atoms with E-state index >= 15 is 0 Å². The summed E-state index contributed by atoms with van der Waals surface area (Å²) in [6, 6.07) is 1.44. The average Bonchev–Trinajstić information content (AvgIpc) is 2.07. The summed E-state index contributed by atoms with van der Waals surface area (Å²) in [4.78, 5) is 5.21. The molecule has 0 radical (unpaired) electrons. The van der Waals surface area contributed by atoms with E-state index in [1.54, 1.807) is 0 Å². The maximum Gasteiger partial charge on any atom is 0.0195 e. The Labute approximate surface area is 89.3 Å². The second-order valence-corrected chi connectivity index (χ2v) is 5.33. The summed E-state index contributed by atoms with van der Waals surface area (Å²) in [6.45, 7) is 16.6. The van der Waals surface area contributed by atoms with Crippen LogP contribution in [0.15, 0.2) is 0 Å². The van der Waals surface area contributed by atoms with Gasteiger partial charge in [-0.2, -0.15) is 0 Å². The van der Waals surface area contributed by atoms with Crippen molar-refractivity contribution < 1.29 is 0 Å². The smallest absolute Gasteiger partial charge is 0.0195 e. The molecule has 0 aromatic rings. The van der Waals surface area contributed by atoms with E-state index < -0.39 is 0 Å². The maximum absolute atomic E-state index is 2.63. The molecule has 2 heteroatoms. The van der Waals surface area contributed by atoms with Gasteiger partial charge >= 0.3 is 0 Å². The zero-order chi connectivity index (χ0) is 10.7. The molecule has 1 rings (SSSR count). The molecule has 0 aromatic carbocycles. The highest BCUT2D eigenvalue weighted by Gasteiger charge is 2.24. The summed E-state index contributed by atoms with van der Waals surface area (Å²) < 4.78 is 0. The molecule has 1 fully saturated rings.